The normalized spacial score (nSPS) is 10.7. The van der Waals surface area contributed by atoms with Crippen LogP contribution < -0.4 is 0 Å². The number of ketones is 2. The zero-order chi connectivity index (χ0) is 18.8. The van der Waals surface area contributed by atoms with Crippen molar-refractivity contribution >= 4 is 23.2 Å². The maximum absolute atomic E-state index is 12.7. The summed E-state index contributed by atoms with van der Waals surface area (Å²) in [6.45, 7) is 3.35. The fourth-order valence-corrected chi connectivity index (χ4v) is 2.88. The minimum absolute atomic E-state index is 0.0654. The minimum atomic E-state index is -0.494. The van der Waals surface area contributed by atoms with E-state index in [2.05, 4.69) is 5.16 Å². The van der Waals surface area contributed by atoms with Crippen molar-refractivity contribution in [2.45, 2.75) is 20.3 Å². The van der Waals surface area contributed by atoms with Crippen molar-refractivity contribution in [2.75, 3.05) is 0 Å². The van der Waals surface area contributed by atoms with Crippen molar-refractivity contribution in [1.82, 2.24) is 5.16 Å². The molecule has 0 spiro atoms. The number of aromatic hydroxyl groups is 1. The Balaban J connectivity index is 1.91. The number of benzene rings is 2. The molecule has 1 N–H and O–H groups in total. The molecule has 0 aliphatic rings. The predicted molar refractivity (Wildman–Crippen MR) is 97.8 cm³/mol. The van der Waals surface area contributed by atoms with Gasteiger partial charge < -0.3 is 9.63 Å². The van der Waals surface area contributed by atoms with E-state index in [1.165, 1.54) is 12.1 Å². The molecular formula is C20H16ClNO4. The Bertz CT molecular complexity index is 993. The summed E-state index contributed by atoms with van der Waals surface area (Å²) in [4.78, 5) is 25.3. The van der Waals surface area contributed by atoms with Gasteiger partial charge in [-0.1, -0.05) is 47.1 Å². The Kier molecular flexibility index (Phi) is 4.91. The highest BCUT2D eigenvalue weighted by Gasteiger charge is 2.25. The Morgan fingerprint density at radius 1 is 1.12 bits per heavy atom. The number of nitrogens with zero attached hydrogens (tertiary/aromatic N) is 1. The van der Waals surface area contributed by atoms with Gasteiger partial charge >= 0.3 is 0 Å². The van der Waals surface area contributed by atoms with Gasteiger partial charge in [-0.05, 0) is 31.5 Å². The Morgan fingerprint density at radius 2 is 1.81 bits per heavy atom. The van der Waals surface area contributed by atoms with Gasteiger partial charge in [-0.2, -0.15) is 0 Å². The van der Waals surface area contributed by atoms with Crippen LogP contribution in [0, 0.1) is 13.8 Å². The molecule has 6 heteroatoms. The monoisotopic (exact) mass is 369 g/mol. The van der Waals surface area contributed by atoms with Gasteiger partial charge in [0.25, 0.3) is 0 Å². The molecule has 132 valence electrons. The maximum Gasteiger partial charge on any atom is 0.176 e. The van der Waals surface area contributed by atoms with Crippen molar-refractivity contribution < 1.29 is 19.2 Å². The summed E-state index contributed by atoms with van der Waals surface area (Å²) in [5, 5.41) is 14.3. The molecule has 0 bridgehead atoms. The lowest BCUT2D eigenvalue weighted by Gasteiger charge is -2.07. The summed E-state index contributed by atoms with van der Waals surface area (Å²) in [5.41, 5.74) is 2.11. The topological polar surface area (TPSA) is 80.4 Å². The van der Waals surface area contributed by atoms with Gasteiger partial charge in [0.1, 0.15) is 17.2 Å². The molecule has 0 radical (unpaired) electrons. The molecule has 0 aliphatic heterocycles. The molecule has 26 heavy (non-hydrogen) atoms. The molecule has 0 fully saturated rings. The van der Waals surface area contributed by atoms with Gasteiger partial charge in [-0.15, -0.1) is 0 Å². The predicted octanol–water partition coefficient (Wildman–Crippen LogP) is 4.77. The standard InChI is InChI=1S/C20H16ClNO4/c1-11-8-14(16(23)9-15(11)21)17(24)10-18(25)19-12(2)26-22-20(19)13-6-4-3-5-7-13/h3-9,23H,10H2,1-2H3. The van der Waals surface area contributed by atoms with Crippen LogP contribution in [0.15, 0.2) is 47.0 Å². The molecule has 1 heterocycles. The van der Waals surface area contributed by atoms with Crippen LogP contribution in [0.2, 0.25) is 5.02 Å². The molecule has 2 aromatic carbocycles. The number of phenols is 1. The number of rotatable bonds is 5. The van der Waals surface area contributed by atoms with Crippen molar-refractivity contribution in [3.63, 3.8) is 0 Å². The van der Waals surface area contributed by atoms with E-state index in [0.717, 1.165) is 5.56 Å². The van der Waals surface area contributed by atoms with Gasteiger partial charge in [-0.25, -0.2) is 0 Å². The summed E-state index contributed by atoms with van der Waals surface area (Å²) in [5.74, 6) is -0.812. The first-order chi connectivity index (χ1) is 12.4. The van der Waals surface area contributed by atoms with E-state index in [1.54, 1.807) is 13.8 Å². The SMILES string of the molecule is Cc1cc(C(=O)CC(=O)c2c(-c3ccccc3)noc2C)c(O)cc1Cl. The van der Waals surface area contributed by atoms with Gasteiger partial charge in [0.05, 0.1) is 17.5 Å². The molecule has 0 amide bonds. The van der Waals surface area contributed by atoms with Crippen molar-refractivity contribution in [3.05, 3.63) is 69.9 Å². The van der Waals surface area contributed by atoms with Crippen molar-refractivity contribution in [2.24, 2.45) is 0 Å². The average Bonchev–Trinajstić information content (AvgIpc) is 3.00. The van der Waals surface area contributed by atoms with Crippen LogP contribution in [0.25, 0.3) is 11.3 Å². The second-order valence-corrected chi connectivity index (χ2v) is 6.38. The van der Waals surface area contributed by atoms with Gasteiger partial charge in [-0.3, -0.25) is 9.59 Å². The third kappa shape index (κ3) is 3.39. The average molecular weight is 370 g/mol. The minimum Gasteiger partial charge on any atom is -0.507 e. The van der Waals surface area contributed by atoms with Crippen LogP contribution >= 0.6 is 11.6 Å². The molecule has 3 rings (SSSR count). The zero-order valence-corrected chi connectivity index (χ0v) is 15.0. The van der Waals surface area contributed by atoms with E-state index in [4.69, 9.17) is 16.1 Å². The molecule has 0 saturated carbocycles. The van der Waals surface area contributed by atoms with Crippen molar-refractivity contribution in [3.8, 4) is 17.0 Å². The second kappa shape index (κ2) is 7.14. The van der Waals surface area contributed by atoms with Gasteiger partial charge in [0.15, 0.2) is 11.6 Å². The van der Waals surface area contributed by atoms with E-state index >= 15 is 0 Å². The van der Waals surface area contributed by atoms with E-state index in [9.17, 15) is 14.7 Å². The molecule has 5 nitrogen and oxygen atoms in total. The maximum atomic E-state index is 12.7. The van der Waals surface area contributed by atoms with Crippen LogP contribution in [0.1, 0.15) is 38.5 Å². The summed E-state index contributed by atoms with van der Waals surface area (Å²) in [6.07, 6.45) is -0.406. The molecule has 0 atom stereocenters. The number of hydrogen-bond acceptors (Lipinski definition) is 5. The highest BCUT2D eigenvalue weighted by Crippen LogP contribution is 2.29. The Hall–Kier alpha value is -2.92. The van der Waals surface area contributed by atoms with E-state index in [-0.39, 0.29) is 16.9 Å². The van der Waals surface area contributed by atoms with Crippen LogP contribution in [-0.2, 0) is 0 Å². The number of carbonyl (C=O) groups excluding carboxylic acids is 2. The lowest BCUT2D eigenvalue weighted by Crippen LogP contribution is -2.10. The van der Waals surface area contributed by atoms with E-state index in [0.29, 0.717) is 22.0 Å². The number of aryl methyl sites for hydroxylation is 2. The van der Waals surface area contributed by atoms with E-state index < -0.39 is 18.0 Å². The number of carbonyl (C=O) groups is 2. The highest BCUT2D eigenvalue weighted by atomic mass is 35.5. The first-order valence-corrected chi connectivity index (χ1v) is 8.33. The van der Waals surface area contributed by atoms with Crippen LogP contribution in [-0.4, -0.2) is 21.8 Å². The van der Waals surface area contributed by atoms with E-state index in [1.807, 2.05) is 30.3 Å². The lowest BCUT2D eigenvalue weighted by atomic mass is 9.96. The van der Waals surface area contributed by atoms with Crippen LogP contribution in [0.5, 0.6) is 5.75 Å². The number of aromatic nitrogens is 1. The fourth-order valence-electron chi connectivity index (χ4n) is 2.72. The van der Waals surface area contributed by atoms with Gasteiger partial charge in [0.2, 0.25) is 0 Å². The zero-order valence-electron chi connectivity index (χ0n) is 14.2. The number of hydrogen-bond donors (Lipinski definition) is 1. The molecular weight excluding hydrogens is 354 g/mol. The number of phenolic OH excluding ortho intramolecular Hbond substituents is 1. The molecule has 3 aromatic rings. The number of halogens is 1. The van der Waals surface area contributed by atoms with Gasteiger partial charge in [0, 0.05) is 10.6 Å². The molecule has 0 unspecified atom stereocenters. The van der Waals surface area contributed by atoms with Crippen LogP contribution in [0.4, 0.5) is 0 Å². The quantitative estimate of drug-likeness (QED) is 0.517. The second-order valence-electron chi connectivity index (χ2n) is 5.97. The summed E-state index contributed by atoms with van der Waals surface area (Å²) < 4.78 is 5.17. The molecule has 0 saturated heterocycles. The van der Waals surface area contributed by atoms with Crippen molar-refractivity contribution in [1.29, 1.82) is 0 Å². The third-order valence-electron chi connectivity index (χ3n) is 4.09. The largest absolute Gasteiger partial charge is 0.507 e. The summed E-state index contributed by atoms with van der Waals surface area (Å²) >= 11 is 5.93. The first-order valence-electron chi connectivity index (χ1n) is 7.95. The Labute approximate surface area is 155 Å². The smallest absolute Gasteiger partial charge is 0.176 e. The summed E-state index contributed by atoms with van der Waals surface area (Å²) in [6, 6.07) is 11.9. The molecule has 0 aliphatic carbocycles. The first kappa shape index (κ1) is 17.9. The fraction of sp³-hybridized carbons (Fsp3) is 0.150. The third-order valence-corrected chi connectivity index (χ3v) is 4.49. The lowest BCUT2D eigenvalue weighted by molar-refractivity contribution is 0.0892. The van der Waals surface area contributed by atoms with Crippen LogP contribution in [0.3, 0.4) is 0 Å². The number of Topliss-reactive ketones (excluding diaryl/α,β-unsaturated/α-hetero) is 2. The molecule has 1 aromatic heterocycles. The Morgan fingerprint density at radius 3 is 2.50 bits per heavy atom. The summed E-state index contributed by atoms with van der Waals surface area (Å²) in [7, 11) is 0. The highest BCUT2D eigenvalue weighted by molar-refractivity contribution is 6.31.